The van der Waals surface area contributed by atoms with E-state index in [-0.39, 0.29) is 24.1 Å². The molecule has 2 amide bonds. The number of benzene rings is 1. The van der Waals surface area contributed by atoms with E-state index in [0.717, 1.165) is 17.7 Å². The molecule has 0 radical (unpaired) electrons. The van der Waals surface area contributed by atoms with Crippen molar-refractivity contribution in [2.75, 3.05) is 13.2 Å². The summed E-state index contributed by atoms with van der Waals surface area (Å²) >= 11 is 0. The maximum atomic E-state index is 11.8. The van der Waals surface area contributed by atoms with Gasteiger partial charge in [0, 0.05) is 12.6 Å². The predicted molar refractivity (Wildman–Crippen MR) is 89.9 cm³/mol. The van der Waals surface area contributed by atoms with Crippen LogP contribution in [-0.2, 0) is 6.42 Å². The van der Waals surface area contributed by atoms with E-state index in [1.807, 2.05) is 31.2 Å². The fourth-order valence-electron chi connectivity index (χ4n) is 1.66. The molecule has 22 heavy (non-hydrogen) atoms. The molecule has 2 N–H and O–H groups in total. The molecule has 0 bridgehead atoms. The molecule has 1 rings (SSSR count). The number of amides is 2. The van der Waals surface area contributed by atoms with Crippen molar-refractivity contribution in [3.63, 3.8) is 0 Å². The summed E-state index contributed by atoms with van der Waals surface area (Å²) in [6.07, 6.45) is 5.91. The third kappa shape index (κ3) is 6.53. The minimum atomic E-state index is -0.128. The van der Waals surface area contributed by atoms with Gasteiger partial charge in [0.15, 0.2) is 0 Å². The Kier molecular flexibility index (Phi) is 6.78. The van der Waals surface area contributed by atoms with Crippen LogP contribution in [0.25, 0.3) is 0 Å². The van der Waals surface area contributed by atoms with E-state index < -0.39 is 0 Å². The van der Waals surface area contributed by atoms with Gasteiger partial charge in [-0.3, -0.25) is 0 Å². The molecule has 4 heteroatoms. The summed E-state index contributed by atoms with van der Waals surface area (Å²) in [5.74, 6) is 3.18. The van der Waals surface area contributed by atoms with Gasteiger partial charge in [0.2, 0.25) is 0 Å². The van der Waals surface area contributed by atoms with E-state index in [1.54, 1.807) is 0 Å². The van der Waals surface area contributed by atoms with E-state index in [9.17, 15) is 4.79 Å². The number of rotatable bonds is 6. The van der Waals surface area contributed by atoms with Crippen molar-refractivity contribution < 1.29 is 9.53 Å². The Morgan fingerprint density at radius 2 is 1.95 bits per heavy atom. The largest absolute Gasteiger partial charge is 0.481 e. The monoisotopic (exact) mass is 302 g/mol. The summed E-state index contributed by atoms with van der Waals surface area (Å²) in [5.41, 5.74) is 1.18. The van der Waals surface area contributed by atoms with Crippen LogP contribution in [0, 0.1) is 17.8 Å². The van der Waals surface area contributed by atoms with Crippen LogP contribution < -0.4 is 15.4 Å². The molecule has 1 aromatic carbocycles. The predicted octanol–water partition coefficient (Wildman–Crippen LogP) is 2.97. The van der Waals surface area contributed by atoms with Gasteiger partial charge in [-0.2, -0.15) is 0 Å². The van der Waals surface area contributed by atoms with Gasteiger partial charge < -0.3 is 15.4 Å². The molecule has 1 atom stereocenters. The van der Waals surface area contributed by atoms with Gasteiger partial charge in [-0.1, -0.05) is 38.8 Å². The smallest absolute Gasteiger partial charge is 0.315 e. The molecule has 1 unspecified atom stereocenters. The summed E-state index contributed by atoms with van der Waals surface area (Å²) in [6.45, 7) is 9.17. The summed E-state index contributed by atoms with van der Waals surface area (Å²) < 4.78 is 5.31. The Morgan fingerprint density at radius 1 is 1.32 bits per heavy atom. The van der Waals surface area contributed by atoms with Crippen molar-refractivity contribution in [1.29, 1.82) is 0 Å². The molecule has 0 fully saturated rings. The molecule has 0 saturated heterocycles. The second-order valence-corrected chi connectivity index (χ2v) is 6.37. The zero-order valence-corrected chi connectivity index (χ0v) is 13.9. The number of carbonyl (C=O) groups is 1. The molecule has 4 nitrogen and oxygen atoms in total. The van der Waals surface area contributed by atoms with Crippen LogP contribution in [0.4, 0.5) is 4.79 Å². The maximum Gasteiger partial charge on any atom is 0.315 e. The number of hydrogen-bond acceptors (Lipinski definition) is 2. The minimum Gasteiger partial charge on any atom is -0.481 e. The summed E-state index contributed by atoms with van der Waals surface area (Å²) in [4.78, 5) is 11.8. The van der Waals surface area contributed by atoms with Crippen molar-refractivity contribution in [2.45, 2.75) is 40.2 Å². The van der Waals surface area contributed by atoms with Gasteiger partial charge in [-0.05, 0) is 36.5 Å². The lowest BCUT2D eigenvalue weighted by Crippen LogP contribution is -2.46. The van der Waals surface area contributed by atoms with Crippen molar-refractivity contribution in [1.82, 2.24) is 10.6 Å². The molecule has 0 aliphatic rings. The topological polar surface area (TPSA) is 50.4 Å². The molecule has 0 saturated carbocycles. The highest BCUT2D eigenvalue weighted by molar-refractivity contribution is 5.74. The summed E-state index contributed by atoms with van der Waals surface area (Å²) in [6, 6.07) is 7.70. The first kappa shape index (κ1) is 17.9. The number of terminal acetylenes is 1. The number of ether oxygens (including phenoxy) is 1. The molecule has 0 heterocycles. The van der Waals surface area contributed by atoms with Crippen molar-refractivity contribution in [3.8, 4) is 18.1 Å². The summed E-state index contributed by atoms with van der Waals surface area (Å²) in [5, 5.41) is 5.82. The van der Waals surface area contributed by atoms with Gasteiger partial charge in [0.05, 0.1) is 0 Å². The van der Waals surface area contributed by atoms with Crippen LogP contribution in [0.3, 0.4) is 0 Å². The highest BCUT2D eigenvalue weighted by Crippen LogP contribution is 2.18. The van der Waals surface area contributed by atoms with Crippen LogP contribution in [-0.4, -0.2) is 25.2 Å². The average Bonchev–Trinajstić information content (AvgIpc) is 2.45. The Hall–Kier alpha value is -2.15. The number of urea groups is 1. The first-order valence-corrected chi connectivity index (χ1v) is 7.52. The molecular formula is C18H26N2O2. The fourth-order valence-corrected chi connectivity index (χ4v) is 1.66. The quantitative estimate of drug-likeness (QED) is 0.794. The molecule has 0 aliphatic carbocycles. The van der Waals surface area contributed by atoms with Crippen LogP contribution in [0.2, 0.25) is 0 Å². The number of hydrogen-bond donors (Lipinski definition) is 2. The average molecular weight is 302 g/mol. The van der Waals surface area contributed by atoms with Crippen molar-refractivity contribution >= 4 is 6.03 Å². The number of carbonyl (C=O) groups excluding carboxylic acids is 1. The molecule has 120 valence electrons. The first-order chi connectivity index (χ1) is 10.3. The van der Waals surface area contributed by atoms with E-state index in [2.05, 4.69) is 37.3 Å². The zero-order chi connectivity index (χ0) is 16.6. The van der Waals surface area contributed by atoms with Crippen molar-refractivity contribution in [3.05, 3.63) is 29.8 Å². The lowest BCUT2D eigenvalue weighted by atomic mass is 9.88. The normalized spacial score (nSPS) is 12.1. The van der Waals surface area contributed by atoms with Gasteiger partial charge in [0.1, 0.15) is 12.4 Å². The third-order valence-corrected chi connectivity index (χ3v) is 3.59. The summed E-state index contributed by atoms with van der Waals surface area (Å²) in [7, 11) is 0. The van der Waals surface area contributed by atoms with E-state index in [4.69, 9.17) is 11.2 Å². The third-order valence-electron chi connectivity index (χ3n) is 3.59. The van der Waals surface area contributed by atoms with E-state index in [1.165, 1.54) is 0 Å². The lowest BCUT2D eigenvalue weighted by Gasteiger charge is -2.28. The van der Waals surface area contributed by atoms with Gasteiger partial charge in [-0.25, -0.2) is 4.79 Å². The Balaban J connectivity index is 2.32. The number of nitrogens with one attached hydrogen (secondary N) is 2. The lowest BCUT2D eigenvalue weighted by molar-refractivity contribution is 0.222. The second-order valence-electron chi connectivity index (χ2n) is 6.37. The Bertz CT molecular complexity index is 509. The van der Waals surface area contributed by atoms with E-state index in [0.29, 0.717) is 6.54 Å². The molecule has 0 spiro atoms. The maximum absolute atomic E-state index is 11.8. The second kappa shape index (κ2) is 8.33. The molecule has 0 aliphatic heterocycles. The van der Waals surface area contributed by atoms with Crippen LogP contribution in [0.5, 0.6) is 5.75 Å². The first-order valence-electron chi connectivity index (χ1n) is 7.52. The van der Waals surface area contributed by atoms with E-state index >= 15 is 0 Å². The van der Waals surface area contributed by atoms with Gasteiger partial charge in [0.25, 0.3) is 0 Å². The standard InChI is InChI=1S/C18H26N2O2/c1-6-13-22-16-9-7-15(8-10-16)11-12-19-17(21)20-14(2)18(3,4)5/h1,7-10,14H,11-13H2,2-5H3,(H2,19,20,21). The Morgan fingerprint density at radius 3 is 2.50 bits per heavy atom. The zero-order valence-electron chi connectivity index (χ0n) is 13.9. The SMILES string of the molecule is C#CCOc1ccc(CCNC(=O)NC(C)C(C)(C)C)cc1. The molecule has 0 aromatic heterocycles. The minimum absolute atomic E-state index is 0.0472. The van der Waals surface area contributed by atoms with Crippen LogP contribution in [0.15, 0.2) is 24.3 Å². The molecule has 1 aromatic rings. The fraction of sp³-hybridized carbons (Fsp3) is 0.500. The van der Waals surface area contributed by atoms with Crippen LogP contribution in [0.1, 0.15) is 33.3 Å². The van der Waals surface area contributed by atoms with Gasteiger partial charge >= 0.3 is 6.03 Å². The van der Waals surface area contributed by atoms with Crippen molar-refractivity contribution in [2.24, 2.45) is 5.41 Å². The highest BCUT2D eigenvalue weighted by atomic mass is 16.5. The highest BCUT2D eigenvalue weighted by Gasteiger charge is 2.21. The van der Waals surface area contributed by atoms with Crippen LogP contribution >= 0.6 is 0 Å². The van der Waals surface area contributed by atoms with Gasteiger partial charge in [-0.15, -0.1) is 6.42 Å². The Labute approximate surface area is 133 Å². The molecular weight excluding hydrogens is 276 g/mol.